The Morgan fingerprint density at radius 2 is 1.08 bits per heavy atom. The van der Waals surface area contributed by atoms with Gasteiger partial charge >= 0.3 is 0 Å². The van der Waals surface area contributed by atoms with Crippen LogP contribution in [0.4, 0.5) is 11.4 Å². The summed E-state index contributed by atoms with van der Waals surface area (Å²) in [6, 6.07) is 20.4. The normalized spacial score (nSPS) is 25.8. The predicted octanol–water partition coefficient (Wildman–Crippen LogP) is 5.13. The zero-order chi connectivity index (χ0) is 16.9. The number of nitrogens with zero attached hydrogens (tertiary/aromatic N) is 2. The van der Waals surface area contributed by atoms with Crippen LogP contribution in [0, 0.1) is 11.8 Å². The Morgan fingerprint density at radius 1 is 0.640 bits per heavy atom. The van der Waals surface area contributed by atoms with Gasteiger partial charge in [-0.25, -0.2) is 0 Å². The first kappa shape index (κ1) is 15.9. The molecule has 2 aliphatic rings. The molecule has 0 heterocycles. The summed E-state index contributed by atoms with van der Waals surface area (Å²) in [5, 5.41) is 9.41. The average Bonchev–Trinajstić information content (AvgIpc) is 2.68. The number of fused-ring (bicyclic) bond motifs is 2. The maximum atomic E-state index is 4.70. The Balaban J connectivity index is 1.38. The first-order chi connectivity index (χ1) is 12.4. The molecule has 0 amide bonds. The molecule has 25 heavy (non-hydrogen) atoms. The lowest BCUT2D eigenvalue weighted by atomic mass is 9.70. The minimum absolute atomic E-state index is 0.602. The lowest BCUT2D eigenvalue weighted by Crippen LogP contribution is -2.35. The fourth-order valence-corrected chi connectivity index (χ4v) is 3.83. The second kappa shape index (κ2) is 7.51. The Kier molecular flexibility index (Phi) is 4.77. The number of hydrogen-bond acceptors (Lipinski definition) is 4. The van der Waals surface area contributed by atoms with Gasteiger partial charge in [0.05, 0.1) is 11.4 Å². The summed E-state index contributed by atoms with van der Waals surface area (Å²) in [5.74, 6) is 1.20. The van der Waals surface area contributed by atoms with Crippen LogP contribution in [0.5, 0.6) is 0 Å². The van der Waals surface area contributed by atoms with Gasteiger partial charge in [0.1, 0.15) is 0 Å². The van der Waals surface area contributed by atoms with Crippen molar-refractivity contribution in [3.8, 4) is 0 Å². The Labute approximate surface area is 149 Å². The molecule has 0 spiro atoms. The fourth-order valence-electron chi connectivity index (χ4n) is 3.83. The SMILES string of the molecule is c1ccc(N/N=C2\CC[C@H]3C[C@@H]2CC/C3=N\Nc2ccccc2)cc1. The lowest BCUT2D eigenvalue weighted by molar-refractivity contribution is 0.407. The van der Waals surface area contributed by atoms with Gasteiger partial charge in [0.25, 0.3) is 0 Å². The van der Waals surface area contributed by atoms with Crippen molar-refractivity contribution in [1.82, 2.24) is 0 Å². The summed E-state index contributed by atoms with van der Waals surface area (Å²) < 4.78 is 0. The van der Waals surface area contributed by atoms with Crippen molar-refractivity contribution in [2.45, 2.75) is 32.1 Å². The Hall–Kier alpha value is -2.62. The quantitative estimate of drug-likeness (QED) is 0.762. The van der Waals surface area contributed by atoms with E-state index in [2.05, 4.69) is 35.1 Å². The van der Waals surface area contributed by atoms with E-state index in [1.165, 1.54) is 17.8 Å². The van der Waals surface area contributed by atoms with Crippen LogP contribution in [0.2, 0.25) is 0 Å². The van der Waals surface area contributed by atoms with E-state index >= 15 is 0 Å². The zero-order valence-electron chi connectivity index (χ0n) is 14.4. The van der Waals surface area contributed by atoms with Crippen molar-refractivity contribution in [2.24, 2.45) is 22.0 Å². The third-order valence-electron chi connectivity index (χ3n) is 5.21. The average molecular weight is 332 g/mol. The second-order valence-electron chi connectivity index (χ2n) is 6.87. The molecule has 4 rings (SSSR count). The molecule has 0 aliphatic heterocycles. The van der Waals surface area contributed by atoms with E-state index in [1.54, 1.807) is 0 Å². The van der Waals surface area contributed by atoms with Gasteiger partial charge in [0.2, 0.25) is 0 Å². The maximum absolute atomic E-state index is 4.70. The number of rotatable bonds is 4. The van der Waals surface area contributed by atoms with Crippen LogP contribution in [-0.4, -0.2) is 11.4 Å². The van der Waals surface area contributed by atoms with Crippen molar-refractivity contribution in [3.05, 3.63) is 60.7 Å². The van der Waals surface area contributed by atoms with Crippen molar-refractivity contribution in [2.75, 3.05) is 10.9 Å². The Bertz CT molecular complexity index is 686. The second-order valence-corrected chi connectivity index (χ2v) is 6.87. The molecule has 2 fully saturated rings. The summed E-state index contributed by atoms with van der Waals surface area (Å²) in [5.41, 5.74) is 11.2. The molecule has 2 aromatic rings. The van der Waals surface area contributed by atoms with E-state index in [9.17, 15) is 0 Å². The van der Waals surface area contributed by atoms with Crippen LogP contribution in [0.3, 0.4) is 0 Å². The molecule has 0 saturated heterocycles. The smallest absolute Gasteiger partial charge is 0.0561 e. The van der Waals surface area contributed by atoms with E-state index in [0.717, 1.165) is 37.1 Å². The molecule has 2 aliphatic carbocycles. The molecule has 2 bridgehead atoms. The molecule has 0 radical (unpaired) electrons. The summed E-state index contributed by atoms with van der Waals surface area (Å²) in [4.78, 5) is 0. The topological polar surface area (TPSA) is 48.8 Å². The minimum Gasteiger partial charge on any atom is -0.279 e. The van der Waals surface area contributed by atoms with Crippen molar-refractivity contribution < 1.29 is 0 Å². The van der Waals surface area contributed by atoms with Gasteiger partial charge in [-0.2, -0.15) is 10.2 Å². The van der Waals surface area contributed by atoms with E-state index in [0.29, 0.717) is 11.8 Å². The molecule has 128 valence electrons. The first-order valence-corrected chi connectivity index (χ1v) is 9.13. The van der Waals surface area contributed by atoms with Crippen molar-refractivity contribution >= 4 is 22.8 Å². The highest BCUT2D eigenvalue weighted by Gasteiger charge is 2.34. The summed E-state index contributed by atoms with van der Waals surface area (Å²) in [6.07, 6.45) is 5.63. The van der Waals surface area contributed by atoms with Gasteiger partial charge in [-0.1, -0.05) is 36.4 Å². The number of benzene rings is 2. The van der Waals surface area contributed by atoms with Crippen LogP contribution in [0.25, 0.3) is 0 Å². The Morgan fingerprint density at radius 3 is 1.52 bits per heavy atom. The molecule has 0 aromatic heterocycles. The first-order valence-electron chi connectivity index (χ1n) is 9.13. The fraction of sp³-hybridized carbons (Fsp3) is 0.333. The number of hydrogen-bond donors (Lipinski definition) is 2. The van der Waals surface area contributed by atoms with E-state index in [4.69, 9.17) is 10.2 Å². The molecular weight excluding hydrogens is 308 g/mol. The van der Waals surface area contributed by atoms with Crippen LogP contribution in [0.1, 0.15) is 32.1 Å². The number of para-hydroxylation sites is 2. The number of anilines is 2. The monoisotopic (exact) mass is 332 g/mol. The molecule has 4 heteroatoms. The molecule has 4 nitrogen and oxygen atoms in total. The molecule has 0 unspecified atom stereocenters. The van der Waals surface area contributed by atoms with Gasteiger partial charge in [-0.15, -0.1) is 0 Å². The van der Waals surface area contributed by atoms with Crippen molar-refractivity contribution in [3.63, 3.8) is 0 Å². The predicted molar refractivity (Wildman–Crippen MR) is 105 cm³/mol. The van der Waals surface area contributed by atoms with Crippen LogP contribution >= 0.6 is 0 Å². The molecule has 2 aromatic carbocycles. The van der Waals surface area contributed by atoms with E-state index in [1.807, 2.05) is 36.4 Å². The van der Waals surface area contributed by atoms with Gasteiger partial charge in [-0.05, 0) is 56.4 Å². The van der Waals surface area contributed by atoms with Crippen molar-refractivity contribution in [1.29, 1.82) is 0 Å². The number of nitrogens with one attached hydrogen (secondary N) is 2. The zero-order valence-corrected chi connectivity index (χ0v) is 14.4. The number of hydrazone groups is 2. The third kappa shape index (κ3) is 3.90. The van der Waals surface area contributed by atoms with E-state index < -0.39 is 0 Å². The summed E-state index contributed by atoms with van der Waals surface area (Å²) in [7, 11) is 0. The van der Waals surface area contributed by atoms with Gasteiger partial charge in [-0.3, -0.25) is 10.9 Å². The molecule has 2 N–H and O–H groups in total. The van der Waals surface area contributed by atoms with Crippen LogP contribution in [-0.2, 0) is 0 Å². The molecule has 2 atom stereocenters. The standard InChI is InChI=1S/C21H24N4/c1-3-7-18(8-4-1)22-24-20-13-11-17-15-16(20)12-14-21(17)25-23-19-9-5-2-6-10-19/h1-10,16-17,22-23H,11-15H2/b24-20+,25-21+/t16-,17-/m0/s1. The summed E-state index contributed by atoms with van der Waals surface area (Å²) >= 11 is 0. The lowest BCUT2D eigenvalue weighted by Gasteiger charge is -2.36. The third-order valence-corrected chi connectivity index (χ3v) is 5.21. The highest BCUT2D eigenvalue weighted by molar-refractivity contribution is 5.95. The van der Waals surface area contributed by atoms with E-state index in [-0.39, 0.29) is 0 Å². The summed E-state index contributed by atoms with van der Waals surface area (Å²) in [6.45, 7) is 0. The largest absolute Gasteiger partial charge is 0.279 e. The highest BCUT2D eigenvalue weighted by atomic mass is 15.3. The molecule has 2 saturated carbocycles. The van der Waals surface area contributed by atoms with Crippen LogP contribution < -0.4 is 10.9 Å². The maximum Gasteiger partial charge on any atom is 0.0561 e. The highest BCUT2D eigenvalue weighted by Crippen LogP contribution is 2.37. The van der Waals surface area contributed by atoms with Gasteiger partial charge < -0.3 is 0 Å². The van der Waals surface area contributed by atoms with Gasteiger partial charge in [0.15, 0.2) is 0 Å². The molecular formula is C21H24N4. The van der Waals surface area contributed by atoms with Gasteiger partial charge in [0, 0.05) is 23.3 Å². The van der Waals surface area contributed by atoms with Crippen LogP contribution in [0.15, 0.2) is 70.9 Å². The minimum atomic E-state index is 0.602.